The van der Waals surface area contributed by atoms with Crippen LogP contribution in [0.5, 0.6) is 0 Å². The number of anilines is 1. The number of aliphatic hydroxyl groups is 3. The van der Waals surface area contributed by atoms with Gasteiger partial charge in [-0.3, -0.25) is 0 Å². The van der Waals surface area contributed by atoms with Crippen molar-refractivity contribution in [2.24, 2.45) is 21.3 Å². The Bertz CT molecular complexity index is 1060. The molecule has 0 amide bonds. The first kappa shape index (κ1) is 20.9. The predicted octanol–water partition coefficient (Wildman–Crippen LogP) is 2.33. The van der Waals surface area contributed by atoms with Crippen LogP contribution in [0.1, 0.15) is 18.9 Å². The standard InChI is InChI=1S/C25H28N4O3/c1-25(14-30)12-19(21(31)22(25)32)29-13-18(16-8-4-2-5-9-16)20-23(26-15-27-24(20)29)28-17-10-6-3-7-11-17/h2-11,13,15,19-22,24,30-32H,12,14H2,1H3,(H,26,27,28)/t19?,20?,21?,22?,24?,25-/m1/s1. The van der Waals surface area contributed by atoms with E-state index in [-0.39, 0.29) is 24.7 Å². The highest BCUT2D eigenvalue weighted by Crippen LogP contribution is 2.46. The topological polar surface area (TPSA) is 101 Å². The largest absolute Gasteiger partial charge is 0.396 e. The monoisotopic (exact) mass is 432 g/mol. The summed E-state index contributed by atoms with van der Waals surface area (Å²) in [6.07, 6.45) is 1.76. The Morgan fingerprint density at radius 1 is 1.06 bits per heavy atom. The van der Waals surface area contributed by atoms with Gasteiger partial charge in [0.2, 0.25) is 0 Å². The van der Waals surface area contributed by atoms with Gasteiger partial charge in [0.05, 0.1) is 24.7 Å². The van der Waals surface area contributed by atoms with Crippen molar-refractivity contribution in [2.75, 3.05) is 11.9 Å². The molecule has 2 aliphatic heterocycles. The van der Waals surface area contributed by atoms with Crippen molar-refractivity contribution in [3.8, 4) is 0 Å². The summed E-state index contributed by atoms with van der Waals surface area (Å²) in [5.41, 5.74) is 2.28. The van der Waals surface area contributed by atoms with E-state index in [0.29, 0.717) is 6.42 Å². The number of hydrogen-bond acceptors (Lipinski definition) is 7. The second kappa shape index (κ2) is 8.16. The van der Waals surface area contributed by atoms with Gasteiger partial charge >= 0.3 is 0 Å². The van der Waals surface area contributed by atoms with Crippen LogP contribution >= 0.6 is 0 Å². The Kier molecular flexibility index (Phi) is 5.33. The molecule has 0 radical (unpaired) electrons. The lowest BCUT2D eigenvalue weighted by atomic mass is 9.87. The van der Waals surface area contributed by atoms with Gasteiger partial charge < -0.3 is 25.5 Å². The number of hydrogen-bond donors (Lipinski definition) is 4. The third-order valence-corrected chi connectivity index (χ3v) is 6.94. The summed E-state index contributed by atoms with van der Waals surface area (Å²) in [6.45, 7) is 1.62. The van der Waals surface area contributed by atoms with Crippen molar-refractivity contribution in [2.45, 2.75) is 37.8 Å². The number of amidine groups is 1. The summed E-state index contributed by atoms with van der Waals surface area (Å²) < 4.78 is 0. The number of nitrogens with zero attached hydrogens (tertiary/aromatic N) is 3. The third-order valence-electron chi connectivity index (χ3n) is 6.94. The van der Waals surface area contributed by atoms with Gasteiger partial charge in [-0.15, -0.1) is 0 Å². The molecule has 2 heterocycles. The molecule has 0 spiro atoms. The summed E-state index contributed by atoms with van der Waals surface area (Å²) >= 11 is 0. The van der Waals surface area contributed by atoms with Gasteiger partial charge in [-0.1, -0.05) is 55.5 Å². The number of aliphatic imine (C=N–C) groups is 2. The normalized spacial score (nSPS) is 33.6. The number of nitrogens with one attached hydrogen (secondary N) is 1. The molecule has 7 heteroatoms. The number of rotatable bonds is 4. The lowest BCUT2D eigenvalue weighted by Gasteiger charge is -2.35. The van der Waals surface area contributed by atoms with Crippen molar-refractivity contribution in [3.63, 3.8) is 0 Å². The summed E-state index contributed by atoms with van der Waals surface area (Å²) in [5.74, 6) is 0.625. The fraction of sp³-hybridized carbons (Fsp3) is 0.360. The van der Waals surface area contributed by atoms with Gasteiger partial charge in [0.1, 0.15) is 24.4 Å². The minimum atomic E-state index is -1.01. The summed E-state index contributed by atoms with van der Waals surface area (Å²) in [4.78, 5) is 11.3. The molecule has 6 atom stereocenters. The minimum absolute atomic E-state index is 0.159. The molecular weight excluding hydrogens is 404 g/mol. The van der Waals surface area contributed by atoms with Gasteiger partial charge in [-0.2, -0.15) is 0 Å². The zero-order valence-corrected chi connectivity index (χ0v) is 17.9. The summed E-state index contributed by atoms with van der Waals surface area (Å²) in [6, 6.07) is 19.6. The molecule has 4 N–H and O–H groups in total. The van der Waals surface area contributed by atoms with E-state index in [0.717, 1.165) is 22.7 Å². The van der Waals surface area contributed by atoms with Crippen molar-refractivity contribution in [3.05, 3.63) is 72.4 Å². The molecule has 0 aromatic heterocycles. The lowest BCUT2D eigenvalue weighted by molar-refractivity contribution is -0.0448. The molecule has 5 unspecified atom stereocenters. The van der Waals surface area contributed by atoms with E-state index in [1.165, 1.54) is 0 Å². The zero-order chi connectivity index (χ0) is 22.3. The van der Waals surface area contributed by atoms with Crippen molar-refractivity contribution < 1.29 is 15.3 Å². The van der Waals surface area contributed by atoms with Crippen LogP contribution in [-0.2, 0) is 0 Å². The van der Waals surface area contributed by atoms with Crippen LogP contribution in [0.4, 0.5) is 5.69 Å². The smallest absolute Gasteiger partial charge is 0.136 e. The maximum absolute atomic E-state index is 10.9. The average molecular weight is 433 g/mol. The molecular formula is C25H28N4O3. The second-order valence-corrected chi connectivity index (χ2v) is 9.08. The first-order valence-corrected chi connectivity index (χ1v) is 10.9. The van der Waals surface area contributed by atoms with Crippen LogP contribution in [0, 0.1) is 11.3 Å². The van der Waals surface area contributed by atoms with Crippen LogP contribution in [0.15, 0.2) is 76.8 Å². The molecule has 3 aliphatic rings. The fourth-order valence-corrected chi connectivity index (χ4v) is 5.08. The highest BCUT2D eigenvalue weighted by Gasteiger charge is 2.54. The van der Waals surface area contributed by atoms with Gasteiger partial charge in [0, 0.05) is 17.3 Å². The van der Waals surface area contributed by atoms with Gasteiger partial charge in [0.25, 0.3) is 0 Å². The molecule has 32 heavy (non-hydrogen) atoms. The molecule has 1 fully saturated rings. The SMILES string of the molecule is C[C@]1(CO)CC(N2C=C(c3ccccc3)C3C(Nc4ccccc4)=NC=NC32)C(O)C1O. The molecule has 1 aliphatic carbocycles. The van der Waals surface area contributed by atoms with E-state index >= 15 is 0 Å². The van der Waals surface area contributed by atoms with E-state index in [2.05, 4.69) is 27.4 Å². The van der Waals surface area contributed by atoms with Crippen molar-refractivity contribution in [1.82, 2.24) is 4.90 Å². The van der Waals surface area contributed by atoms with Crippen molar-refractivity contribution >= 4 is 23.4 Å². The minimum Gasteiger partial charge on any atom is -0.396 e. The zero-order valence-electron chi connectivity index (χ0n) is 17.9. The highest BCUT2D eigenvalue weighted by molar-refractivity contribution is 6.09. The van der Waals surface area contributed by atoms with E-state index in [1.807, 2.05) is 66.6 Å². The summed E-state index contributed by atoms with van der Waals surface area (Å²) in [7, 11) is 0. The van der Waals surface area contributed by atoms with Crippen LogP contribution in [0.3, 0.4) is 0 Å². The van der Waals surface area contributed by atoms with Gasteiger partial charge in [0.15, 0.2) is 0 Å². The maximum atomic E-state index is 10.9. The molecule has 1 saturated carbocycles. The van der Waals surface area contributed by atoms with Crippen LogP contribution in [-0.4, -0.2) is 63.4 Å². The first-order valence-electron chi connectivity index (χ1n) is 10.9. The number of benzene rings is 2. The van der Waals surface area contributed by atoms with E-state index in [4.69, 9.17) is 0 Å². The quantitative estimate of drug-likeness (QED) is 0.594. The predicted molar refractivity (Wildman–Crippen MR) is 125 cm³/mol. The highest BCUT2D eigenvalue weighted by atomic mass is 16.3. The van der Waals surface area contributed by atoms with Gasteiger partial charge in [-0.05, 0) is 29.7 Å². The van der Waals surface area contributed by atoms with Gasteiger partial charge in [-0.25, -0.2) is 9.98 Å². The van der Waals surface area contributed by atoms with Crippen molar-refractivity contribution in [1.29, 1.82) is 0 Å². The van der Waals surface area contributed by atoms with E-state index in [9.17, 15) is 15.3 Å². The molecule has 7 nitrogen and oxygen atoms in total. The van der Waals surface area contributed by atoms with Crippen LogP contribution in [0.25, 0.3) is 5.57 Å². The number of aliphatic hydroxyl groups excluding tert-OH is 3. The summed E-state index contributed by atoms with van der Waals surface area (Å²) in [5, 5.41) is 34.9. The Morgan fingerprint density at radius 3 is 2.41 bits per heavy atom. The molecule has 2 aromatic rings. The van der Waals surface area contributed by atoms with Crippen LogP contribution in [0.2, 0.25) is 0 Å². The average Bonchev–Trinajstić information content (AvgIpc) is 3.33. The van der Waals surface area contributed by atoms with E-state index < -0.39 is 17.6 Å². The van der Waals surface area contributed by atoms with E-state index in [1.54, 1.807) is 6.34 Å². The first-order chi connectivity index (χ1) is 15.5. The molecule has 2 aromatic carbocycles. The Morgan fingerprint density at radius 2 is 1.75 bits per heavy atom. The molecule has 5 rings (SSSR count). The Labute approximate surface area is 187 Å². The Hall–Kier alpha value is -3.00. The third kappa shape index (κ3) is 3.43. The number of para-hydroxylation sites is 1. The maximum Gasteiger partial charge on any atom is 0.136 e. The molecule has 166 valence electrons. The van der Waals surface area contributed by atoms with Crippen LogP contribution < -0.4 is 5.32 Å². The molecule has 0 bridgehead atoms. The second-order valence-electron chi connectivity index (χ2n) is 9.08. The lowest BCUT2D eigenvalue weighted by Crippen LogP contribution is -2.47. The Balaban J connectivity index is 1.53. The number of fused-ring (bicyclic) bond motifs is 1. The molecule has 0 saturated heterocycles. The fourth-order valence-electron chi connectivity index (χ4n) is 5.08.